The van der Waals surface area contributed by atoms with Crippen LogP contribution < -0.4 is 5.73 Å². The Labute approximate surface area is 194 Å². The predicted octanol–water partition coefficient (Wildman–Crippen LogP) is 2.33. The SMILES string of the molecule is NC(=O)C1=C(O)C2C(=O)C3=C(O)c4c(O)c(CN5CC=CC5)cc(Cl)c4CC3CC2CC1=O. The van der Waals surface area contributed by atoms with Crippen molar-refractivity contribution in [3.05, 3.63) is 56.8 Å². The van der Waals surface area contributed by atoms with E-state index < -0.39 is 46.6 Å². The number of carbonyl (C=O) groups excluding carboxylic acids is 3. The summed E-state index contributed by atoms with van der Waals surface area (Å²) < 4.78 is 0. The van der Waals surface area contributed by atoms with Crippen molar-refractivity contribution in [1.82, 2.24) is 4.90 Å². The lowest BCUT2D eigenvalue weighted by molar-refractivity contribution is -0.127. The van der Waals surface area contributed by atoms with Gasteiger partial charge in [0.1, 0.15) is 22.8 Å². The molecule has 3 unspecified atom stereocenters. The number of carbonyl (C=O) groups is 3. The van der Waals surface area contributed by atoms with E-state index in [0.29, 0.717) is 35.5 Å². The van der Waals surface area contributed by atoms with Crippen LogP contribution in [0.3, 0.4) is 0 Å². The summed E-state index contributed by atoms with van der Waals surface area (Å²) in [4.78, 5) is 39.6. The molecule has 1 fully saturated rings. The van der Waals surface area contributed by atoms with Crippen molar-refractivity contribution >= 4 is 34.8 Å². The molecular weight excluding hydrogens is 448 g/mol. The van der Waals surface area contributed by atoms with Crippen molar-refractivity contribution in [3.63, 3.8) is 0 Å². The van der Waals surface area contributed by atoms with Crippen molar-refractivity contribution in [3.8, 4) is 5.75 Å². The number of aliphatic hydroxyl groups is 2. The first-order chi connectivity index (χ1) is 15.7. The molecule has 0 aromatic heterocycles. The maximum absolute atomic E-state index is 13.5. The lowest BCUT2D eigenvalue weighted by atomic mass is 9.61. The van der Waals surface area contributed by atoms with Gasteiger partial charge in [0.05, 0.1) is 11.5 Å². The predicted molar refractivity (Wildman–Crippen MR) is 119 cm³/mol. The van der Waals surface area contributed by atoms with Crippen LogP contribution in [-0.4, -0.2) is 50.8 Å². The number of halogens is 1. The minimum Gasteiger partial charge on any atom is -0.511 e. The number of hydrogen-bond donors (Lipinski definition) is 4. The molecule has 0 saturated heterocycles. The molecular formula is C24H23ClN2O6. The molecule has 4 aliphatic rings. The fourth-order valence-corrected chi connectivity index (χ4v) is 6.03. The summed E-state index contributed by atoms with van der Waals surface area (Å²) in [7, 11) is 0. The Kier molecular flexibility index (Phi) is 5.10. The molecule has 1 aromatic rings. The van der Waals surface area contributed by atoms with Gasteiger partial charge in [0.15, 0.2) is 11.6 Å². The number of ketones is 2. The number of rotatable bonds is 3. The van der Waals surface area contributed by atoms with E-state index in [0.717, 1.165) is 13.1 Å². The van der Waals surface area contributed by atoms with Crippen molar-refractivity contribution in [2.24, 2.45) is 23.5 Å². The summed E-state index contributed by atoms with van der Waals surface area (Å²) in [5.74, 6) is -5.41. The zero-order valence-electron chi connectivity index (χ0n) is 17.7. The Hall–Kier alpha value is -3.10. The Bertz CT molecular complexity index is 1210. The number of benzene rings is 1. The van der Waals surface area contributed by atoms with Gasteiger partial charge in [-0.1, -0.05) is 23.8 Å². The van der Waals surface area contributed by atoms with Crippen LogP contribution in [0.2, 0.25) is 5.02 Å². The highest BCUT2D eigenvalue weighted by Gasteiger charge is 2.51. The first-order valence-electron chi connectivity index (χ1n) is 10.8. The van der Waals surface area contributed by atoms with E-state index in [9.17, 15) is 29.7 Å². The lowest BCUT2D eigenvalue weighted by Gasteiger charge is -2.41. The quantitative estimate of drug-likeness (QED) is 0.392. The average molecular weight is 471 g/mol. The third-order valence-electron chi connectivity index (χ3n) is 7.20. The Morgan fingerprint density at radius 1 is 1.15 bits per heavy atom. The van der Waals surface area contributed by atoms with Gasteiger partial charge in [0.2, 0.25) is 0 Å². The molecule has 3 atom stereocenters. The number of hydrogen-bond acceptors (Lipinski definition) is 7. The molecule has 1 saturated carbocycles. The molecule has 9 heteroatoms. The van der Waals surface area contributed by atoms with Crippen LogP contribution >= 0.6 is 11.6 Å². The number of aliphatic hydroxyl groups excluding tert-OH is 2. The van der Waals surface area contributed by atoms with E-state index >= 15 is 0 Å². The Balaban J connectivity index is 1.60. The number of primary amides is 1. The molecule has 1 aliphatic heterocycles. The van der Waals surface area contributed by atoms with Crippen LogP contribution in [0.5, 0.6) is 5.75 Å². The molecule has 0 radical (unpaired) electrons. The van der Waals surface area contributed by atoms with Crippen molar-refractivity contribution in [2.75, 3.05) is 13.1 Å². The second-order valence-electron chi connectivity index (χ2n) is 9.14. The second kappa shape index (κ2) is 7.74. The number of nitrogens with zero attached hydrogens (tertiary/aromatic N) is 1. The molecule has 1 heterocycles. The highest BCUT2D eigenvalue weighted by Crippen LogP contribution is 2.51. The smallest absolute Gasteiger partial charge is 0.255 e. The monoisotopic (exact) mass is 470 g/mol. The molecule has 1 amide bonds. The maximum atomic E-state index is 13.5. The maximum Gasteiger partial charge on any atom is 0.255 e. The molecule has 0 spiro atoms. The molecule has 33 heavy (non-hydrogen) atoms. The Morgan fingerprint density at radius 3 is 2.52 bits per heavy atom. The van der Waals surface area contributed by atoms with Crippen molar-refractivity contribution in [1.29, 1.82) is 0 Å². The Morgan fingerprint density at radius 2 is 1.85 bits per heavy atom. The zero-order chi connectivity index (χ0) is 23.6. The summed E-state index contributed by atoms with van der Waals surface area (Å²) in [5, 5.41) is 33.2. The van der Waals surface area contributed by atoms with Crippen LogP contribution in [0.25, 0.3) is 5.76 Å². The topological polar surface area (TPSA) is 141 Å². The van der Waals surface area contributed by atoms with Crippen LogP contribution in [0.1, 0.15) is 29.5 Å². The van der Waals surface area contributed by atoms with Gasteiger partial charge in [-0.2, -0.15) is 0 Å². The fraction of sp³-hybridized carbons (Fsp3) is 0.375. The fourth-order valence-electron chi connectivity index (χ4n) is 5.73. The largest absolute Gasteiger partial charge is 0.511 e. The van der Waals surface area contributed by atoms with Gasteiger partial charge in [-0.15, -0.1) is 0 Å². The summed E-state index contributed by atoms with van der Waals surface area (Å²) in [5.41, 5.74) is 6.01. The highest BCUT2D eigenvalue weighted by molar-refractivity contribution is 6.32. The molecule has 3 aliphatic carbocycles. The third kappa shape index (κ3) is 3.28. The molecule has 0 bridgehead atoms. The van der Waals surface area contributed by atoms with E-state index in [1.807, 2.05) is 12.2 Å². The lowest BCUT2D eigenvalue weighted by Crippen LogP contribution is -2.44. The first kappa shape index (κ1) is 21.7. The van der Waals surface area contributed by atoms with Crippen molar-refractivity contribution in [2.45, 2.75) is 25.8 Å². The van der Waals surface area contributed by atoms with Gasteiger partial charge >= 0.3 is 0 Å². The minimum atomic E-state index is -1.13. The van der Waals surface area contributed by atoms with Crippen molar-refractivity contribution < 1.29 is 29.7 Å². The van der Waals surface area contributed by atoms with E-state index in [-0.39, 0.29) is 29.1 Å². The molecule has 5 N–H and O–H groups in total. The van der Waals surface area contributed by atoms with Crippen LogP contribution in [-0.2, 0) is 27.3 Å². The standard InChI is InChI=1S/C24H23ClN2O6/c25-14-7-12(9-27-3-1-2-4-27)20(29)18-13(14)6-10-5-11-8-15(28)19(24(26)33)23(32)17(11)21(30)16(10)22(18)31/h1-2,7,10-11,17,29,31-32H,3-6,8-9H2,(H2,26,33). The van der Waals surface area contributed by atoms with E-state index in [1.165, 1.54) is 0 Å². The van der Waals surface area contributed by atoms with E-state index in [1.54, 1.807) is 6.07 Å². The summed E-state index contributed by atoms with van der Waals surface area (Å²) in [6, 6.07) is 1.69. The molecule has 1 aromatic carbocycles. The van der Waals surface area contributed by atoms with Gasteiger partial charge in [-0.25, -0.2) is 0 Å². The van der Waals surface area contributed by atoms with Gasteiger partial charge in [0.25, 0.3) is 5.91 Å². The number of amides is 1. The summed E-state index contributed by atoms with van der Waals surface area (Å²) in [6.07, 6.45) is 4.61. The van der Waals surface area contributed by atoms with Gasteiger partial charge < -0.3 is 21.1 Å². The normalized spacial score (nSPS) is 27.0. The molecule has 172 valence electrons. The average Bonchev–Trinajstić information content (AvgIpc) is 3.24. The minimum absolute atomic E-state index is 0.0832. The number of Topliss-reactive ketones (excluding diaryl/α,β-unsaturated/α-hetero) is 2. The summed E-state index contributed by atoms with van der Waals surface area (Å²) >= 11 is 6.56. The van der Waals surface area contributed by atoms with Gasteiger partial charge in [-0.3, -0.25) is 19.3 Å². The molecule has 8 nitrogen and oxygen atoms in total. The zero-order valence-corrected chi connectivity index (χ0v) is 18.4. The number of phenols is 1. The third-order valence-corrected chi connectivity index (χ3v) is 7.54. The van der Waals surface area contributed by atoms with E-state index in [2.05, 4.69) is 4.90 Å². The number of aromatic hydroxyl groups is 1. The first-order valence-corrected chi connectivity index (χ1v) is 11.2. The number of phenolic OH excluding ortho intramolecular Hbond substituents is 1. The molecule has 5 rings (SSSR count). The van der Waals surface area contributed by atoms with Gasteiger partial charge in [-0.05, 0) is 36.3 Å². The van der Waals surface area contributed by atoms with Gasteiger partial charge in [0, 0.05) is 42.2 Å². The van der Waals surface area contributed by atoms with Crippen LogP contribution in [0, 0.1) is 17.8 Å². The number of allylic oxidation sites excluding steroid dienone is 2. The van der Waals surface area contributed by atoms with Crippen LogP contribution in [0.4, 0.5) is 0 Å². The second-order valence-corrected chi connectivity index (χ2v) is 9.55. The van der Waals surface area contributed by atoms with Crippen LogP contribution in [0.15, 0.2) is 35.1 Å². The highest BCUT2D eigenvalue weighted by atomic mass is 35.5. The number of nitrogens with two attached hydrogens (primary N) is 1. The van der Waals surface area contributed by atoms with E-state index in [4.69, 9.17) is 17.3 Å². The summed E-state index contributed by atoms with van der Waals surface area (Å²) in [6.45, 7) is 1.89. The number of fused-ring (bicyclic) bond motifs is 3.